The van der Waals surface area contributed by atoms with Crippen molar-refractivity contribution in [2.24, 2.45) is 0 Å². The van der Waals surface area contributed by atoms with Crippen LogP contribution in [0.2, 0.25) is 0 Å². The number of aromatic nitrogens is 2. The molecule has 12 heteroatoms. The average Bonchev–Trinajstić information content (AvgIpc) is 2.99. The molecule has 1 aromatic heterocycles. The number of methoxy groups -OCH3 is 2. The lowest BCUT2D eigenvalue weighted by Gasteiger charge is -2.09. The van der Waals surface area contributed by atoms with Crippen molar-refractivity contribution in [2.75, 3.05) is 19.5 Å². The third kappa shape index (κ3) is 3.06. The second-order valence-corrected chi connectivity index (χ2v) is 4.31. The predicted octanol–water partition coefficient (Wildman–Crippen LogP) is 1.50. The van der Waals surface area contributed by atoms with Crippen LogP contribution in [0.1, 0.15) is 10.5 Å². The standard InChI is InChI=1S/C12H11N5O7/c1-23-8-4-3-6(16(19)20)5-7(8)13-11(18)9-10(17(21)22)12(24-2)15-14-9/h3-5H,1-2H3,(H,13,18)(H,14,15). The molecule has 0 saturated carbocycles. The van der Waals surface area contributed by atoms with Crippen LogP contribution in [0, 0.1) is 20.2 Å². The molecule has 126 valence electrons. The highest BCUT2D eigenvalue weighted by Gasteiger charge is 2.30. The van der Waals surface area contributed by atoms with Crippen LogP contribution in [-0.2, 0) is 0 Å². The summed E-state index contributed by atoms with van der Waals surface area (Å²) in [6, 6.07) is 3.54. The number of hydrogen-bond donors (Lipinski definition) is 2. The number of nitro groups is 2. The van der Waals surface area contributed by atoms with E-state index in [0.717, 1.165) is 13.2 Å². The minimum absolute atomic E-state index is 0.0282. The zero-order valence-corrected chi connectivity index (χ0v) is 12.4. The Morgan fingerprint density at radius 1 is 1.21 bits per heavy atom. The predicted molar refractivity (Wildman–Crippen MR) is 79.4 cm³/mol. The van der Waals surface area contributed by atoms with Crippen LogP contribution in [0.5, 0.6) is 11.6 Å². The van der Waals surface area contributed by atoms with Crippen molar-refractivity contribution in [3.63, 3.8) is 0 Å². The third-order valence-electron chi connectivity index (χ3n) is 2.95. The summed E-state index contributed by atoms with van der Waals surface area (Å²) in [5.41, 5.74) is -1.44. The first kappa shape index (κ1) is 16.7. The molecule has 12 nitrogen and oxygen atoms in total. The van der Waals surface area contributed by atoms with Crippen molar-refractivity contribution in [1.29, 1.82) is 0 Å². The molecule has 2 aromatic rings. The number of benzene rings is 1. The number of nitro benzene ring substituents is 1. The SMILES string of the molecule is COc1ccc([N+](=O)[O-])cc1NC(=O)c1[nH]nc(OC)c1[N+](=O)[O-]. The molecule has 0 unspecified atom stereocenters. The van der Waals surface area contributed by atoms with Crippen molar-refractivity contribution >= 4 is 23.0 Å². The number of non-ortho nitro benzene ring substituents is 1. The minimum Gasteiger partial charge on any atom is -0.495 e. The highest BCUT2D eigenvalue weighted by Crippen LogP contribution is 2.32. The highest BCUT2D eigenvalue weighted by molar-refractivity contribution is 6.07. The molecule has 1 heterocycles. The molecule has 0 bridgehead atoms. The van der Waals surface area contributed by atoms with Crippen molar-refractivity contribution in [2.45, 2.75) is 0 Å². The molecule has 2 N–H and O–H groups in total. The van der Waals surface area contributed by atoms with Crippen LogP contribution in [0.25, 0.3) is 0 Å². The van der Waals surface area contributed by atoms with E-state index in [2.05, 4.69) is 15.5 Å². The van der Waals surface area contributed by atoms with Gasteiger partial charge in [0.1, 0.15) is 5.75 Å². The van der Waals surface area contributed by atoms with Gasteiger partial charge in [-0.25, -0.2) is 0 Å². The number of carbonyl (C=O) groups is 1. The van der Waals surface area contributed by atoms with Gasteiger partial charge in [-0.3, -0.25) is 30.1 Å². The second kappa shape index (κ2) is 6.60. The van der Waals surface area contributed by atoms with E-state index in [1.54, 1.807) is 0 Å². The lowest BCUT2D eigenvalue weighted by Crippen LogP contribution is -2.15. The summed E-state index contributed by atoms with van der Waals surface area (Å²) in [4.78, 5) is 32.6. The van der Waals surface area contributed by atoms with Gasteiger partial charge >= 0.3 is 11.6 Å². The normalized spacial score (nSPS) is 10.1. The molecular weight excluding hydrogens is 326 g/mol. The summed E-state index contributed by atoms with van der Waals surface area (Å²) in [7, 11) is 2.47. The molecule has 0 atom stereocenters. The first-order valence-electron chi connectivity index (χ1n) is 6.29. The fourth-order valence-corrected chi connectivity index (χ4v) is 1.88. The first-order valence-corrected chi connectivity index (χ1v) is 6.29. The lowest BCUT2D eigenvalue weighted by atomic mass is 10.2. The van der Waals surface area contributed by atoms with E-state index in [1.165, 1.54) is 19.2 Å². The number of anilines is 1. The van der Waals surface area contributed by atoms with Gasteiger partial charge in [-0.2, -0.15) is 0 Å². The highest BCUT2D eigenvalue weighted by atomic mass is 16.6. The molecule has 0 saturated heterocycles. The van der Waals surface area contributed by atoms with E-state index in [1.807, 2.05) is 0 Å². The van der Waals surface area contributed by atoms with E-state index in [0.29, 0.717) is 0 Å². The molecular formula is C12H11N5O7. The molecule has 0 radical (unpaired) electrons. The average molecular weight is 337 g/mol. The van der Waals surface area contributed by atoms with E-state index in [9.17, 15) is 25.0 Å². The second-order valence-electron chi connectivity index (χ2n) is 4.31. The smallest absolute Gasteiger partial charge is 0.362 e. The molecule has 24 heavy (non-hydrogen) atoms. The summed E-state index contributed by atoms with van der Waals surface area (Å²) in [5, 5.41) is 29.9. The number of hydrogen-bond acceptors (Lipinski definition) is 8. The minimum atomic E-state index is -0.934. The Labute approximate surface area is 133 Å². The maximum absolute atomic E-state index is 12.3. The quantitative estimate of drug-likeness (QED) is 0.591. The van der Waals surface area contributed by atoms with Crippen LogP contribution in [-0.4, -0.2) is 40.2 Å². The van der Waals surface area contributed by atoms with E-state index in [4.69, 9.17) is 9.47 Å². The van der Waals surface area contributed by atoms with Gasteiger partial charge in [0.15, 0.2) is 0 Å². The first-order chi connectivity index (χ1) is 11.4. The van der Waals surface area contributed by atoms with Gasteiger partial charge in [-0.1, -0.05) is 0 Å². The van der Waals surface area contributed by atoms with E-state index < -0.39 is 27.1 Å². The van der Waals surface area contributed by atoms with Crippen LogP contribution >= 0.6 is 0 Å². The summed E-state index contributed by atoms with van der Waals surface area (Å²) in [6.45, 7) is 0. The number of aromatic amines is 1. The maximum Gasteiger partial charge on any atom is 0.362 e. The maximum atomic E-state index is 12.3. The zero-order chi connectivity index (χ0) is 17.9. The molecule has 1 amide bonds. The van der Waals surface area contributed by atoms with Gasteiger partial charge in [0, 0.05) is 12.1 Å². The van der Waals surface area contributed by atoms with E-state index in [-0.39, 0.29) is 23.0 Å². The van der Waals surface area contributed by atoms with Gasteiger partial charge in [0.05, 0.1) is 29.8 Å². The number of H-pyrrole nitrogens is 1. The van der Waals surface area contributed by atoms with Crippen LogP contribution in [0.15, 0.2) is 18.2 Å². The number of ether oxygens (including phenoxy) is 2. The number of nitrogens with zero attached hydrogens (tertiary/aromatic N) is 3. The molecule has 0 aliphatic carbocycles. The van der Waals surface area contributed by atoms with Gasteiger partial charge in [-0.15, -0.1) is 5.10 Å². The number of carbonyl (C=O) groups excluding carboxylic acids is 1. The molecule has 1 aromatic carbocycles. The topological polar surface area (TPSA) is 163 Å². The van der Waals surface area contributed by atoms with Gasteiger partial charge in [-0.05, 0) is 6.07 Å². The van der Waals surface area contributed by atoms with Gasteiger partial charge < -0.3 is 14.8 Å². The molecule has 0 aliphatic heterocycles. The van der Waals surface area contributed by atoms with Crippen LogP contribution < -0.4 is 14.8 Å². The van der Waals surface area contributed by atoms with Crippen LogP contribution in [0.4, 0.5) is 17.1 Å². The summed E-state index contributed by atoms with van der Waals surface area (Å²) < 4.78 is 9.70. The summed E-state index contributed by atoms with van der Waals surface area (Å²) in [6.07, 6.45) is 0. The zero-order valence-electron chi connectivity index (χ0n) is 12.4. The molecule has 0 aliphatic rings. The Balaban J connectivity index is 2.40. The fourth-order valence-electron chi connectivity index (χ4n) is 1.88. The van der Waals surface area contributed by atoms with E-state index >= 15 is 0 Å². The largest absolute Gasteiger partial charge is 0.495 e. The Bertz CT molecular complexity index is 816. The third-order valence-corrected chi connectivity index (χ3v) is 2.95. The Hall–Kier alpha value is -3.70. The van der Waals surface area contributed by atoms with Crippen molar-refractivity contribution in [3.05, 3.63) is 44.1 Å². The van der Waals surface area contributed by atoms with Crippen LogP contribution in [0.3, 0.4) is 0 Å². The fraction of sp³-hybridized carbons (Fsp3) is 0.167. The molecule has 0 spiro atoms. The Kier molecular flexibility index (Phi) is 4.58. The van der Waals surface area contributed by atoms with Crippen molar-refractivity contribution < 1.29 is 24.1 Å². The van der Waals surface area contributed by atoms with Gasteiger partial charge in [0.25, 0.3) is 11.6 Å². The lowest BCUT2D eigenvalue weighted by molar-refractivity contribution is -0.386. The molecule has 2 rings (SSSR count). The summed E-state index contributed by atoms with van der Waals surface area (Å²) in [5.74, 6) is -1.16. The van der Waals surface area contributed by atoms with Crippen molar-refractivity contribution in [1.82, 2.24) is 10.2 Å². The number of nitrogens with one attached hydrogen (secondary N) is 2. The molecule has 0 fully saturated rings. The van der Waals surface area contributed by atoms with Gasteiger partial charge in [0.2, 0.25) is 5.69 Å². The monoisotopic (exact) mass is 337 g/mol. The number of amides is 1. The van der Waals surface area contributed by atoms with Crippen molar-refractivity contribution in [3.8, 4) is 11.6 Å². The Morgan fingerprint density at radius 2 is 1.92 bits per heavy atom. The summed E-state index contributed by atoms with van der Waals surface area (Å²) >= 11 is 0. The Morgan fingerprint density at radius 3 is 2.46 bits per heavy atom. The number of rotatable bonds is 6.